The van der Waals surface area contributed by atoms with Gasteiger partial charge in [-0.15, -0.1) is 0 Å². The molecule has 0 fully saturated rings. The summed E-state index contributed by atoms with van der Waals surface area (Å²) in [6.07, 6.45) is 0. The summed E-state index contributed by atoms with van der Waals surface area (Å²) in [6, 6.07) is 25.1. The zero-order valence-corrected chi connectivity index (χ0v) is 22.5. The van der Waals surface area contributed by atoms with Gasteiger partial charge in [0.1, 0.15) is 11.5 Å². The number of hydrogen-bond acceptors (Lipinski definition) is 6. The summed E-state index contributed by atoms with van der Waals surface area (Å²) < 4.78 is 12.9. The van der Waals surface area contributed by atoms with Crippen molar-refractivity contribution in [1.29, 1.82) is 0 Å². The number of rotatable bonds is 6. The van der Waals surface area contributed by atoms with E-state index in [1.807, 2.05) is 79.7 Å². The largest absolute Gasteiger partial charge is 0.456 e. The molecule has 0 bridgehead atoms. The number of ketones is 1. The molecule has 0 amide bonds. The van der Waals surface area contributed by atoms with Crippen molar-refractivity contribution in [2.75, 3.05) is 23.3 Å². The average molecular weight is 519 g/mol. The number of esters is 1. The lowest BCUT2D eigenvalue weighted by atomic mass is 9.77. The van der Waals surface area contributed by atoms with Crippen LogP contribution in [-0.4, -0.2) is 24.8 Å². The van der Waals surface area contributed by atoms with Crippen molar-refractivity contribution in [2.45, 2.75) is 33.3 Å². The van der Waals surface area contributed by atoms with Gasteiger partial charge in [0.05, 0.1) is 5.56 Å². The average Bonchev–Trinajstić information content (AvgIpc) is 3.23. The van der Waals surface area contributed by atoms with Gasteiger partial charge in [-0.25, -0.2) is 4.79 Å². The second kappa shape index (κ2) is 9.31. The minimum absolute atomic E-state index is 0.0233. The number of anilines is 3. The van der Waals surface area contributed by atoms with Crippen LogP contribution in [0.5, 0.6) is 11.5 Å². The summed E-state index contributed by atoms with van der Waals surface area (Å²) in [6.45, 7) is 9.56. The Balaban J connectivity index is 1.53. The first-order valence-corrected chi connectivity index (χ1v) is 13.3. The molecule has 0 radical (unpaired) electrons. The highest BCUT2D eigenvalue weighted by molar-refractivity contribution is 5.97. The number of Topliss-reactive ketones (excluding diaryl/α,β-unsaturated/α-hetero) is 1. The van der Waals surface area contributed by atoms with Crippen LogP contribution in [-0.2, 0) is 10.3 Å². The smallest absolute Gasteiger partial charge is 0.340 e. The molecule has 1 N–H and O–H groups in total. The highest BCUT2D eigenvalue weighted by Crippen LogP contribution is 2.57. The van der Waals surface area contributed by atoms with Gasteiger partial charge in [0.25, 0.3) is 0 Å². The molecule has 0 saturated carbocycles. The van der Waals surface area contributed by atoms with Crippen LogP contribution < -0.4 is 15.0 Å². The van der Waals surface area contributed by atoms with Crippen molar-refractivity contribution in [2.24, 2.45) is 0 Å². The highest BCUT2D eigenvalue weighted by Gasteiger charge is 2.53. The molecule has 0 saturated heterocycles. The molecule has 1 atom stereocenters. The lowest BCUT2D eigenvalue weighted by Gasteiger charge is -2.37. The molecule has 0 aromatic heterocycles. The maximum absolute atomic E-state index is 13.2. The van der Waals surface area contributed by atoms with E-state index in [-0.39, 0.29) is 11.8 Å². The second-order valence-corrected chi connectivity index (χ2v) is 9.99. The number of fused-ring (bicyclic) bond motifs is 6. The third kappa shape index (κ3) is 3.86. The molecule has 6 rings (SSSR count). The third-order valence-corrected chi connectivity index (χ3v) is 7.74. The van der Waals surface area contributed by atoms with Gasteiger partial charge in [0.15, 0.2) is 11.4 Å². The van der Waals surface area contributed by atoms with Gasteiger partial charge in [-0.3, -0.25) is 4.79 Å². The number of aryl methyl sites for hydroxylation is 1. The fourth-order valence-electron chi connectivity index (χ4n) is 5.67. The van der Waals surface area contributed by atoms with Gasteiger partial charge in [-0.1, -0.05) is 18.2 Å². The monoisotopic (exact) mass is 518 g/mol. The Labute approximate surface area is 228 Å². The van der Waals surface area contributed by atoms with Crippen LogP contribution in [0.3, 0.4) is 0 Å². The molecule has 0 aliphatic carbocycles. The molecular formula is C33H30N2O4. The van der Waals surface area contributed by atoms with Crippen LogP contribution >= 0.6 is 0 Å². The zero-order valence-electron chi connectivity index (χ0n) is 22.5. The fraction of sp³-hybridized carbons (Fsp3) is 0.212. The number of hydrogen-bond donors (Lipinski definition) is 1. The molecule has 4 aromatic carbocycles. The quantitative estimate of drug-likeness (QED) is 0.213. The number of ether oxygens (including phenoxy) is 2. The van der Waals surface area contributed by atoms with E-state index in [1.54, 1.807) is 6.92 Å². The number of carbonyl (C=O) groups excluding carboxylic acids is 2. The van der Waals surface area contributed by atoms with Gasteiger partial charge in [-0.2, -0.15) is 0 Å². The lowest BCUT2D eigenvalue weighted by Crippen LogP contribution is -2.33. The predicted molar refractivity (Wildman–Crippen MR) is 153 cm³/mol. The Morgan fingerprint density at radius 1 is 0.872 bits per heavy atom. The molecule has 2 heterocycles. The molecule has 6 heteroatoms. The van der Waals surface area contributed by atoms with E-state index in [0.717, 1.165) is 52.4 Å². The topological polar surface area (TPSA) is 67.9 Å². The van der Waals surface area contributed by atoms with Crippen LogP contribution in [0.25, 0.3) is 0 Å². The van der Waals surface area contributed by atoms with Gasteiger partial charge in [0.2, 0.25) is 0 Å². The van der Waals surface area contributed by atoms with E-state index in [2.05, 4.69) is 30.1 Å². The minimum Gasteiger partial charge on any atom is -0.456 e. The Kier molecular flexibility index (Phi) is 5.91. The van der Waals surface area contributed by atoms with Crippen LogP contribution in [0.1, 0.15) is 63.7 Å². The van der Waals surface area contributed by atoms with E-state index < -0.39 is 5.60 Å². The Bertz CT molecular complexity index is 1620. The minimum atomic E-state index is -1.14. The summed E-state index contributed by atoms with van der Waals surface area (Å²) >= 11 is 0. The number of nitrogens with one attached hydrogen (secondary N) is 1. The molecular weight excluding hydrogens is 488 g/mol. The van der Waals surface area contributed by atoms with E-state index in [4.69, 9.17) is 9.47 Å². The number of carbonyl (C=O) groups is 2. The molecule has 2 aliphatic heterocycles. The second-order valence-electron chi connectivity index (χ2n) is 9.99. The standard InChI is InChI=1S/C33H30N2O4/c1-5-35(6-2)24-15-16-27-31(18-24)38-30-17-20(3)29(34-23-13-11-22(12-14-23)21(4)36)19-28(30)33(27)26-10-8-7-9-25(26)32(37)39-33/h7-19,34H,5-6H2,1-4H3. The van der Waals surface area contributed by atoms with Crippen molar-refractivity contribution in [3.05, 3.63) is 112 Å². The van der Waals surface area contributed by atoms with Crippen molar-refractivity contribution < 1.29 is 19.1 Å². The molecule has 1 spiro atoms. The zero-order chi connectivity index (χ0) is 27.3. The summed E-state index contributed by atoms with van der Waals surface area (Å²) in [5.41, 5.74) is 6.17. The Morgan fingerprint density at radius 2 is 1.59 bits per heavy atom. The summed E-state index contributed by atoms with van der Waals surface area (Å²) in [7, 11) is 0. The number of benzene rings is 4. The van der Waals surface area contributed by atoms with E-state index in [0.29, 0.717) is 22.6 Å². The van der Waals surface area contributed by atoms with E-state index in [1.165, 1.54) is 0 Å². The fourth-order valence-corrected chi connectivity index (χ4v) is 5.67. The van der Waals surface area contributed by atoms with Crippen LogP contribution in [0.2, 0.25) is 0 Å². The van der Waals surface area contributed by atoms with Gasteiger partial charge >= 0.3 is 5.97 Å². The summed E-state index contributed by atoms with van der Waals surface area (Å²) in [4.78, 5) is 27.2. The van der Waals surface area contributed by atoms with Gasteiger partial charge in [-0.05, 0) is 87.9 Å². The van der Waals surface area contributed by atoms with Crippen LogP contribution in [0, 0.1) is 6.92 Å². The van der Waals surface area contributed by atoms with Crippen molar-refractivity contribution in [3.63, 3.8) is 0 Å². The van der Waals surface area contributed by atoms with Gasteiger partial charge < -0.3 is 19.7 Å². The first-order chi connectivity index (χ1) is 18.8. The van der Waals surface area contributed by atoms with Crippen LogP contribution in [0.4, 0.5) is 17.1 Å². The number of nitrogens with zero attached hydrogens (tertiary/aromatic N) is 1. The molecule has 196 valence electrons. The first kappa shape index (κ1) is 24.7. The molecule has 1 unspecified atom stereocenters. The maximum atomic E-state index is 13.2. The first-order valence-electron chi connectivity index (χ1n) is 13.3. The van der Waals surface area contributed by atoms with Crippen molar-refractivity contribution >= 4 is 28.8 Å². The third-order valence-electron chi connectivity index (χ3n) is 7.74. The SMILES string of the molecule is CCN(CC)c1ccc2c(c1)Oc1cc(C)c(Nc3ccc(C(C)=O)cc3)cc1C21OC(=O)c2ccccc21. The summed E-state index contributed by atoms with van der Waals surface area (Å²) in [5, 5.41) is 3.48. The van der Waals surface area contributed by atoms with Crippen LogP contribution in [0.15, 0.2) is 78.9 Å². The summed E-state index contributed by atoms with van der Waals surface area (Å²) in [5.74, 6) is 0.997. The maximum Gasteiger partial charge on any atom is 0.340 e. The molecule has 39 heavy (non-hydrogen) atoms. The van der Waals surface area contributed by atoms with E-state index in [9.17, 15) is 9.59 Å². The lowest BCUT2D eigenvalue weighted by molar-refractivity contribution is 0.0224. The Morgan fingerprint density at radius 3 is 2.31 bits per heavy atom. The molecule has 4 aromatic rings. The molecule has 6 nitrogen and oxygen atoms in total. The Hall–Kier alpha value is -4.58. The van der Waals surface area contributed by atoms with Crippen molar-refractivity contribution in [1.82, 2.24) is 0 Å². The normalized spacial score (nSPS) is 16.6. The van der Waals surface area contributed by atoms with Crippen molar-refractivity contribution in [3.8, 4) is 11.5 Å². The molecule has 2 aliphatic rings. The van der Waals surface area contributed by atoms with E-state index >= 15 is 0 Å². The predicted octanol–water partition coefficient (Wildman–Crippen LogP) is 7.36. The van der Waals surface area contributed by atoms with Gasteiger partial charge in [0, 0.05) is 58.5 Å². The highest BCUT2D eigenvalue weighted by atomic mass is 16.6.